The number of nitrogens with one attached hydrogen (secondary N) is 1. The van der Waals surface area contributed by atoms with E-state index in [1.807, 2.05) is 26.1 Å². The highest BCUT2D eigenvalue weighted by Gasteiger charge is 2.53. The van der Waals surface area contributed by atoms with E-state index in [0.717, 1.165) is 30.9 Å². The molecule has 0 radical (unpaired) electrons. The molecule has 0 aromatic heterocycles. The average Bonchev–Trinajstić information content (AvgIpc) is 3.45. The molecule has 1 aromatic rings. The number of nitrogens with zero attached hydrogens (tertiary/aromatic N) is 2. The Labute approximate surface area is 154 Å². The molecule has 0 heterocycles. The van der Waals surface area contributed by atoms with Crippen LogP contribution in [-0.4, -0.2) is 17.2 Å². The summed E-state index contributed by atoms with van der Waals surface area (Å²) in [7, 11) is 0. The van der Waals surface area contributed by atoms with Crippen LogP contribution in [0.15, 0.2) is 34.8 Å². The lowest BCUT2D eigenvalue weighted by Gasteiger charge is -2.47. The summed E-state index contributed by atoms with van der Waals surface area (Å²) in [6.45, 7) is 4.65. The van der Waals surface area contributed by atoms with Crippen molar-refractivity contribution < 1.29 is 5.11 Å². The maximum Gasteiger partial charge on any atom is 0.149 e. The van der Waals surface area contributed by atoms with E-state index in [4.69, 9.17) is 0 Å². The molecule has 0 amide bonds. The lowest BCUT2D eigenvalue weighted by atomic mass is 9.58. The van der Waals surface area contributed by atoms with Gasteiger partial charge in [0.1, 0.15) is 17.0 Å². The zero-order chi connectivity index (χ0) is 18.8. The first-order valence-corrected chi connectivity index (χ1v) is 9.39. The SMILES string of the molecule is Cc1ccc(N=O)c(O)c1C1(/C=C\NCC2CC2)CCCCC1(C)N=O. The van der Waals surface area contributed by atoms with Crippen LogP contribution in [0.5, 0.6) is 5.75 Å². The molecular weight excluding hydrogens is 330 g/mol. The summed E-state index contributed by atoms with van der Waals surface area (Å²) in [4.78, 5) is 23.1. The number of rotatable bonds is 7. The van der Waals surface area contributed by atoms with Gasteiger partial charge >= 0.3 is 0 Å². The molecule has 26 heavy (non-hydrogen) atoms. The minimum absolute atomic E-state index is 0.00290. The summed E-state index contributed by atoms with van der Waals surface area (Å²) >= 11 is 0. The fourth-order valence-electron chi connectivity index (χ4n) is 4.31. The molecule has 0 bridgehead atoms. The van der Waals surface area contributed by atoms with Crippen molar-refractivity contribution in [2.75, 3.05) is 6.54 Å². The highest BCUT2D eigenvalue weighted by molar-refractivity contribution is 5.62. The Hall–Kier alpha value is -2.24. The van der Waals surface area contributed by atoms with Crippen LogP contribution in [0.25, 0.3) is 0 Å². The second kappa shape index (κ2) is 7.17. The van der Waals surface area contributed by atoms with Crippen molar-refractivity contribution in [3.63, 3.8) is 0 Å². The Morgan fingerprint density at radius 3 is 2.65 bits per heavy atom. The van der Waals surface area contributed by atoms with Gasteiger partial charge in [-0.05, 0) is 68.5 Å². The Morgan fingerprint density at radius 2 is 2.00 bits per heavy atom. The van der Waals surface area contributed by atoms with Crippen LogP contribution in [0.1, 0.15) is 56.6 Å². The van der Waals surface area contributed by atoms with E-state index >= 15 is 0 Å². The van der Waals surface area contributed by atoms with Gasteiger partial charge in [-0.2, -0.15) is 4.91 Å². The van der Waals surface area contributed by atoms with Gasteiger partial charge in [-0.25, -0.2) is 0 Å². The fourth-order valence-corrected chi connectivity index (χ4v) is 4.31. The third-order valence-electron chi connectivity index (χ3n) is 6.15. The molecule has 0 spiro atoms. The van der Waals surface area contributed by atoms with Gasteiger partial charge in [-0.1, -0.05) is 30.2 Å². The molecule has 1 aromatic carbocycles. The molecule has 2 fully saturated rings. The van der Waals surface area contributed by atoms with Gasteiger partial charge in [-0.15, -0.1) is 4.91 Å². The monoisotopic (exact) mass is 357 g/mol. The molecule has 2 aliphatic carbocycles. The van der Waals surface area contributed by atoms with Gasteiger partial charge in [0.2, 0.25) is 0 Å². The van der Waals surface area contributed by atoms with E-state index in [1.54, 1.807) is 6.07 Å². The molecule has 6 heteroatoms. The number of benzene rings is 1. The molecule has 0 saturated heterocycles. The number of aryl methyl sites for hydroxylation is 1. The third-order valence-corrected chi connectivity index (χ3v) is 6.15. The average molecular weight is 357 g/mol. The summed E-state index contributed by atoms with van der Waals surface area (Å²) in [5.41, 5.74) is -0.229. The largest absolute Gasteiger partial charge is 0.505 e. The van der Waals surface area contributed by atoms with Crippen molar-refractivity contribution in [3.8, 4) is 5.75 Å². The van der Waals surface area contributed by atoms with Crippen LogP contribution in [0.3, 0.4) is 0 Å². The zero-order valence-corrected chi connectivity index (χ0v) is 15.5. The molecule has 0 aliphatic heterocycles. The van der Waals surface area contributed by atoms with Crippen LogP contribution in [0.2, 0.25) is 0 Å². The van der Waals surface area contributed by atoms with Crippen LogP contribution in [0.4, 0.5) is 5.69 Å². The smallest absolute Gasteiger partial charge is 0.149 e. The fraction of sp³-hybridized carbons (Fsp3) is 0.600. The normalized spacial score (nSPS) is 28.8. The van der Waals surface area contributed by atoms with Crippen molar-refractivity contribution in [2.45, 2.75) is 63.3 Å². The van der Waals surface area contributed by atoms with Gasteiger partial charge in [0.15, 0.2) is 0 Å². The quantitative estimate of drug-likeness (QED) is 0.676. The first kappa shape index (κ1) is 18.5. The van der Waals surface area contributed by atoms with Gasteiger partial charge in [0.05, 0.1) is 0 Å². The first-order chi connectivity index (χ1) is 12.5. The van der Waals surface area contributed by atoms with Gasteiger partial charge < -0.3 is 10.4 Å². The molecule has 2 atom stereocenters. The molecule has 2 unspecified atom stereocenters. The van der Waals surface area contributed by atoms with E-state index < -0.39 is 11.0 Å². The van der Waals surface area contributed by atoms with Gasteiger partial charge in [0, 0.05) is 17.5 Å². The second-order valence-electron chi connectivity index (χ2n) is 7.95. The van der Waals surface area contributed by atoms with Gasteiger partial charge in [-0.3, -0.25) is 0 Å². The van der Waals surface area contributed by atoms with Crippen LogP contribution in [0, 0.1) is 22.7 Å². The number of hydrogen-bond acceptors (Lipinski definition) is 6. The molecule has 2 N–H and O–H groups in total. The van der Waals surface area contributed by atoms with Crippen LogP contribution >= 0.6 is 0 Å². The molecule has 2 saturated carbocycles. The third kappa shape index (κ3) is 3.13. The van der Waals surface area contributed by atoms with Gasteiger partial charge in [0.25, 0.3) is 0 Å². The number of hydrogen-bond donors (Lipinski definition) is 2. The van der Waals surface area contributed by atoms with Crippen LogP contribution in [-0.2, 0) is 5.41 Å². The first-order valence-electron chi connectivity index (χ1n) is 9.39. The topological polar surface area (TPSA) is 91.1 Å². The standard InChI is InChI=1S/C20H27N3O3/c1-14-5-8-16(22-25)18(24)17(14)20(11-12-21-13-15-6-7-15)10-4-3-9-19(20,2)23-26/h5,8,11-12,15,21,24H,3-4,6-7,9-10,13H2,1-2H3/b12-11-. The predicted molar refractivity (Wildman–Crippen MR) is 103 cm³/mol. The van der Waals surface area contributed by atoms with E-state index in [2.05, 4.69) is 15.7 Å². The minimum Gasteiger partial charge on any atom is -0.505 e. The maximum absolute atomic E-state index is 11.9. The second-order valence-corrected chi connectivity index (χ2v) is 7.95. The highest BCUT2D eigenvalue weighted by atomic mass is 16.3. The van der Waals surface area contributed by atoms with E-state index in [9.17, 15) is 14.9 Å². The minimum atomic E-state index is -0.896. The maximum atomic E-state index is 11.9. The number of phenols is 1. The zero-order valence-electron chi connectivity index (χ0n) is 15.5. The summed E-state index contributed by atoms with van der Waals surface area (Å²) in [6.07, 6.45) is 9.56. The van der Waals surface area contributed by atoms with Crippen molar-refractivity contribution in [3.05, 3.63) is 45.3 Å². The Balaban J connectivity index is 2.11. The highest BCUT2D eigenvalue weighted by Crippen LogP contribution is 2.54. The predicted octanol–water partition coefficient (Wildman–Crippen LogP) is 4.95. The Kier molecular flexibility index (Phi) is 5.12. The van der Waals surface area contributed by atoms with Crippen LogP contribution < -0.4 is 5.32 Å². The lowest BCUT2D eigenvalue weighted by molar-refractivity contribution is 0.200. The summed E-state index contributed by atoms with van der Waals surface area (Å²) in [5.74, 6) is 0.596. The summed E-state index contributed by atoms with van der Waals surface area (Å²) in [6, 6.07) is 3.29. The molecule has 3 rings (SSSR count). The van der Waals surface area contributed by atoms with Crippen molar-refractivity contribution in [2.24, 2.45) is 16.3 Å². The lowest BCUT2D eigenvalue weighted by Crippen LogP contribution is -2.49. The molecule has 2 aliphatic rings. The molecule has 6 nitrogen and oxygen atoms in total. The van der Waals surface area contributed by atoms with Crippen molar-refractivity contribution >= 4 is 5.69 Å². The van der Waals surface area contributed by atoms with Crippen molar-refractivity contribution in [1.82, 2.24) is 5.32 Å². The molecule has 140 valence electrons. The summed E-state index contributed by atoms with van der Waals surface area (Å²) < 4.78 is 0. The number of phenolic OH excluding ortho intramolecular Hbond substituents is 1. The molecular formula is C20H27N3O3. The Bertz CT molecular complexity index is 729. The van der Waals surface area contributed by atoms with E-state index in [1.165, 1.54) is 18.9 Å². The van der Waals surface area contributed by atoms with E-state index in [-0.39, 0.29) is 11.4 Å². The number of nitroso groups, excluding NO2 is 2. The van der Waals surface area contributed by atoms with E-state index in [0.29, 0.717) is 18.4 Å². The van der Waals surface area contributed by atoms with Crippen molar-refractivity contribution in [1.29, 1.82) is 0 Å². The summed E-state index contributed by atoms with van der Waals surface area (Å²) in [5, 5.41) is 20.6. The number of aromatic hydroxyl groups is 1. The Morgan fingerprint density at radius 1 is 1.27 bits per heavy atom.